The first-order valence-electron chi connectivity index (χ1n) is 10.5. The van der Waals surface area contributed by atoms with E-state index in [1.165, 1.54) is 12.8 Å². The third-order valence-electron chi connectivity index (χ3n) is 6.25. The molecule has 0 aliphatic heterocycles. The Morgan fingerprint density at radius 2 is 2.03 bits per heavy atom. The van der Waals surface area contributed by atoms with E-state index in [1.807, 2.05) is 12.1 Å². The number of amides is 1. The van der Waals surface area contributed by atoms with Gasteiger partial charge in [-0.3, -0.25) is 9.48 Å². The standard InChI is InChI=1S/C22H27ClN6O/c1-13(14-2-3-14)26-18-8-9-20(15(10-18)11-24)29-12-19(21(25)30)22(28-29)27-17-6-4-16(23)5-7-17/h4-7,12-15,18,20,26H,2-3,8-10H2,1H3,(H2,25,30)(H,27,28). The smallest absolute Gasteiger partial charge is 0.254 e. The summed E-state index contributed by atoms with van der Waals surface area (Å²) in [7, 11) is 0. The zero-order chi connectivity index (χ0) is 21.3. The van der Waals surface area contributed by atoms with Gasteiger partial charge in [0.1, 0.15) is 5.56 Å². The maximum atomic E-state index is 12.0. The van der Waals surface area contributed by atoms with Crippen LogP contribution < -0.4 is 16.4 Å². The molecular formula is C22H27ClN6O. The molecule has 0 saturated heterocycles. The number of nitrogens with one attached hydrogen (secondary N) is 2. The molecule has 158 valence electrons. The average Bonchev–Trinajstić information content (AvgIpc) is 3.50. The van der Waals surface area contributed by atoms with Crippen LogP contribution in [-0.2, 0) is 0 Å². The number of aromatic nitrogens is 2. The molecule has 1 aromatic carbocycles. The molecule has 7 nitrogen and oxygen atoms in total. The maximum absolute atomic E-state index is 12.0. The van der Waals surface area contributed by atoms with Crippen molar-refractivity contribution in [2.24, 2.45) is 17.6 Å². The van der Waals surface area contributed by atoms with E-state index in [1.54, 1.807) is 23.0 Å². The monoisotopic (exact) mass is 426 g/mol. The van der Waals surface area contributed by atoms with Crippen LogP contribution in [0.3, 0.4) is 0 Å². The maximum Gasteiger partial charge on any atom is 0.254 e. The summed E-state index contributed by atoms with van der Waals surface area (Å²) < 4.78 is 1.74. The molecule has 2 aliphatic carbocycles. The van der Waals surface area contributed by atoms with Gasteiger partial charge in [0.15, 0.2) is 5.82 Å². The number of rotatable bonds is 7. The van der Waals surface area contributed by atoms with E-state index in [2.05, 4.69) is 28.7 Å². The lowest BCUT2D eigenvalue weighted by molar-refractivity contribution is 0.100. The molecule has 0 spiro atoms. The van der Waals surface area contributed by atoms with Crippen LogP contribution in [0.4, 0.5) is 11.5 Å². The minimum Gasteiger partial charge on any atom is -0.365 e. The van der Waals surface area contributed by atoms with Crippen molar-refractivity contribution in [1.82, 2.24) is 15.1 Å². The lowest BCUT2D eigenvalue weighted by Crippen LogP contribution is -2.43. The molecule has 4 N–H and O–H groups in total. The van der Waals surface area contributed by atoms with Crippen LogP contribution in [0.25, 0.3) is 0 Å². The van der Waals surface area contributed by atoms with Crippen LogP contribution in [0.2, 0.25) is 5.02 Å². The highest BCUT2D eigenvalue weighted by Gasteiger charge is 2.36. The fourth-order valence-corrected chi connectivity index (χ4v) is 4.50. The third kappa shape index (κ3) is 4.61. The summed E-state index contributed by atoms with van der Waals surface area (Å²) in [6.07, 6.45) is 6.86. The summed E-state index contributed by atoms with van der Waals surface area (Å²) in [4.78, 5) is 12.0. The minimum atomic E-state index is -0.556. The Bertz CT molecular complexity index is 946. The normalized spacial score (nSPS) is 24.8. The molecule has 1 heterocycles. The van der Waals surface area contributed by atoms with Gasteiger partial charge in [0.25, 0.3) is 5.91 Å². The first-order valence-corrected chi connectivity index (χ1v) is 10.9. The number of hydrogen-bond donors (Lipinski definition) is 3. The van der Waals surface area contributed by atoms with E-state index >= 15 is 0 Å². The van der Waals surface area contributed by atoms with Crippen molar-refractivity contribution in [3.63, 3.8) is 0 Å². The van der Waals surface area contributed by atoms with Gasteiger partial charge in [-0.2, -0.15) is 10.4 Å². The van der Waals surface area contributed by atoms with Gasteiger partial charge in [-0.15, -0.1) is 0 Å². The first kappa shape index (κ1) is 20.7. The van der Waals surface area contributed by atoms with E-state index in [-0.39, 0.29) is 12.0 Å². The zero-order valence-electron chi connectivity index (χ0n) is 17.0. The average molecular weight is 427 g/mol. The highest BCUT2D eigenvalue weighted by atomic mass is 35.5. The minimum absolute atomic E-state index is 0.0804. The number of nitrogens with two attached hydrogens (primary N) is 1. The van der Waals surface area contributed by atoms with Crippen molar-refractivity contribution < 1.29 is 4.79 Å². The second-order valence-electron chi connectivity index (χ2n) is 8.47. The number of nitriles is 1. The Morgan fingerprint density at radius 3 is 2.67 bits per heavy atom. The van der Waals surface area contributed by atoms with Crippen molar-refractivity contribution in [1.29, 1.82) is 5.26 Å². The van der Waals surface area contributed by atoms with Crippen LogP contribution in [0, 0.1) is 23.2 Å². The number of benzene rings is 1. The van der Waals surface area contributed by atoms with Gasteiger partial charge in [-0.25, -0.2) is 0 Å². The molecule has 2 aliphatic rings. The molecule has 4 unspecified atom stereocenters. The zero-order valence-corrected chi connectivity index (χ0v) is 17.8. The number of primary amides is 1. The lowest BCUT2D eigenvalue weighted by atomic mass is 9.82. The topological polar surface area (TPSA) is 109 Å². The highest BCUT2D eigenvalue weighted by Crippen LogP contribution is 2.37. The van der Waals surface area contributed by atoms with Gasteiger partial charge < -0.3 is 16.4 Å². The SMILES string of the molecule is CC(NC1CCC(n2cc(C(N)=O)c(Nc3ccc(Cl)cc3)n2)C(C#N)C1)C1CC1. The van der Waals surface area contributed by atoms with E-state index in [0.29, 0.717) is 28.5 Å². The summed E-state index contributed by atoms with van der Waals surface area (Å²) in [6, 6.07) is 10.4. The second kappa shape index (κ2) is 8.66. The Labute approximate surface area is 181 Å². The molecule has 0 radical (unpaired) electrons. The molecular weight excluding hydrogens is 400 g/mol. The Hall–Kier alpha value is -2.56. The Balaban J connectivity index is 1.50. The summed E-state index contributed by atoms with van der Waals surface area (Å²) in [5.41, 5.74) is 6.65. The van der Waals surface area contributed by atoms with Crippen LogP contribution in [-0.4, -0.2) is 27.8 Å². The molecule has 2 fully saturated rings. The summed E-state index contributed by atoms with van der Waals surface area (Å²) in [6.45, 7) is 2.24. The number of nitrogens with zero attached hydrogens (tertiary/aromatic N) is 3. The van der Waals surface area contributed by atoms with E-state index in [0.717, 1.165) is 30.9 Å². The molecule has 8 heteroatoms. The number of anilines is 2. The molecule has 2 aromatic rings. The van der Waals surface area contributed by atoms with Gasteiger partial charge in [-0.1, -0.05) is 11.6 Å². The van der Waals surface area contributed by atoms with Crippen molar-refractivity contribution in [3.05, 3.63) is 41.0 Å². The van der Waals surface area contributed by atoms with Gasteiger partial charge >= 0.3 is 0 Å². The van der Waals surface area contributed by atoms with Crippen LogP contribution in [0.5, 0.6) is 0 Å². The molecule has 4 rings (SSSR count). The van der Waals surface area contributed by atoms with E-state index < -0.39 is 5.91 Å². The predicted molar refractivity (Wildman–Crippen MR) is 117 cm³/mol. The second-order valence-corrected chi connectivity index (χ2v) is 8.91. The molecule has 4 atom stereocenters. The summed E-state index contributed by atoms with van der Waals surface area (Å²) >= 11 is 5.94. The van der Waals surface area contributed by atoms with E-state index in [4.69, 9.17) is 17.3 Å². The number of carbonyl (C=O) groups is 1. The molecule has 1 amide bonds. The lowest BCUT2D eigenvalue weighted by Gasteiger charge is -2.34. The fourth-order valence-electron chi connectivity index (χ4n) is 4.37. The number of carbonyl (C=O) groups excluding carboxylic acids is 1. The first-order chi connectivity index (χ1) is 14.4. The Morgan fingerprint density at radius 1 is 1.30 bits per heavy atom. The van der Waals surface area contributed by atoms with Gasteiger partial charge in [0, 0.05) is 29.0 Å². The van der Waals surface area contributed by atoms with Crippen molar-refractivity contribution in [2.45, 2.75) is 57.2 Å². The van der Waals surface area contributed by atoms with Crippen LogP contribution in [0.15, 0.2) is 30.5 Å². The van der Waals surface area contributed by atoms with Crippen LogP contribution in [0.1, 0.15) is 55.4 Å². The quantitative estimate of drug-likeness (QED) is 0.619. The van der Waals surface area contributed by atoms with Gasteiger partial charge in [0.2, 0.25) is 0 Å². The molecule has 0 bridgehead atoms. The molecule has 30 heavy (non-hydrogen) atoms. The van der Waals surface area contributed by atoms with Crippen LogP contribution >= 0.6 is 11.6 Å². The summed E-state index contributed by atoms with van der Waals surface area (Å²) in [5, 5.41) is 21.9. The van der Waals surface area contributed by atoms with E-state index in [9.17, 15) is 10.1 Å². The molecule has 1 aromatic heterocycles. The van der Waals surface area contributed by atoms with Gasteiger partial charge in [0.05, 0.1) is 18.0 Å². The fraction of sp³-hybridized carbons (Fsp3) is 0.500. The van der Waals surface area contributed by atoms with Crippen molar-refractivity contribution in [2.75, 3.05) is 5.32 Å². The largest absolute Gasteiger partial charge is 0.365 e. The third-order valence-corrected chi connectivity index (χ3v) is 6.50. The predicted octanol–water partition coefficient (Wildman–Crippen LogP) is 4.00. The highest BCUT2D eigenvalue weighted by molar-refractivity contribution is 6.30. The number of hydrogen-bond acceptors (Lipinski definition) is 5. The summed E-state index contributed by atoms with van der Waals surface area (Å²) in [5.74, 6) is 0.449. The number of halogens is 1. The van der Waals surface area contributed by atoms with Gasteiger partial charge in [-0.05, 0) is 69.2 Å². The van der Waals surface area contributed by atoms with Crippen molar-refractivity contribution >= 4 is 29.0 Å². The van der Waals surface area contributed by atoms with Crippen molar-refractivity contribution in [3.8, 4) is 6.07 Å². The molecule has 2 saturated carbocycles. The Kier molecular flexibility index (Phi) is 5.98.